The number of hydrogen-bond acceptors (Lipinski definition) is 15. The Morgan fingerprint density at radius 2 is 1.60 bits per heavy atom. The Kier molecular flexibility index (Phi) is 11.4. The van der Waals surface area contributed by atoms with Crippen LogP contribution in [-0.4, -0.2) is 123 Å². The number of aromatic hydroxyl groups is 2. The molecule has 63 heavy (non-hydrogen) atoms. The number of aromatic amines is 1. The van der Waals surface area contributed by atoms with E-state index in [1.165, 1.54) is 41.6 Å². The maximum Gasteiger partial charge on any atom is 0.340 e. The van der Waals surface area contributed by atoms with E-state index in [0.29, 0.717) is 57.5 Å². The highest BCUT2D eigenvalue weighted by Gasteiger charge is 2.54. The Hall–Kier alpha value is -7.10. The van der Waals surface area contributed by atoms with E-state index in [1.54, 1.807) is 30.3 Å². The average Bonchev–Trinajstić information content (AvgIpc) is 3.61. The molecule has 5 heterocycles. The van der Waals surface area contributed by atoms with Crippen molar-refractivity contribution >= 4 is 46.7 Å². The van der Waals surface area contributed by atoms with Gasteiger partial charge in [-0.15, -0.1) is 0 Å². The van der Waals surface area contributed by atoms with Gasteiger partial charge in [-0.2, -0.15) is 15.4 Å². The summed E-state index contributed by atoms with van der Waals surface area (Å²) in [4.78, 5) is 54.6. The predicted octanol–water partition coefficient (Wildman–Crippen LogP) is 2.80. The van der Waals surface area contributed by atoms with Crippen molar-refractivity contribution in [2.24, 2.45) is 0 Å². The molecule has 0 bridgehead atoms. The molecule has 1 aliphatic carbocycles. The molecule has 2 fully saturated rings. The number of amides is 3. The zero-order valence-electron chi connectivity index (χ0n) is 33.4. The Morgan fingerprint density at radius 1 is 0.905 bits per heavy atom. The number of aromatic nitrogens is 4. The molecule has 3 amide bonds. The van der Waals surface area contributed by atoms with E-state index in [4.69, 9.17) is 35.7 Å². The maximum atomic E-state index is 13.7. The molecule has 7 N–H and O–H groups in total. The van der Waals surface area contributed by atoms with Crippen molar-refractivity contribution in [1.29, 1.82) is 0 Å². The SMILES string of the molecule is O=C(N[C@@H]1C[C@@H](C(=O)NCCOCCOCCNC(=S)Nc2ccc3c(c2)C(=O)OC32c3ccc(O)cc3Oc3cc(O)ccc32)N(C(=O)c2cnoc2C2CC2)C1)c1cn[nH]n1. The van der Waals surface area contributed by atoms with Crippen LogP contribution in [0.2, 0.25) is 0 Å². The molecule has 0 radical (unpaired) electrons. The number of phenols is 2. The highest BCUT2D eigenvalue weighted by Crippen LogP contribution is 2.57. The first-order valence-electron chi connectivity index (χ1n) is 20.2. The molecule has 4 aliphatic rings. The molecule has 2 aromatic heterocycles. The van der Waals surface area contributed by atoms with E-state index in [-0.39, 0.29) is 85.8 Å². The van der Waals surface area contributed by atoms with Crippen molar-refractivity contribution in [2.45, 2.75) is 42.9 Å². The summed E-state index contributed by atoms with van der Waals surface area (Å²) in [6, 6.07) is 13.0. The summed E-state index contributed by atoms with van der Waals surface area (Å²) in [5.74, 6) is -0.649. The molecule has 1 saturated heterocycles. The number of nitrogens with zero attached hydrogens (tertiary/aromatic N) is 4. The van der Waals surface area contributed by atoms with Crippen molar-refractivity contribution in [2.75, 3.05) is 51.4 Å². The number of thiocarbonyl (C=S) groups is 1. The number of fused-ring (bicyclic) bond motifs is 6. The number of nitrogens with one attached hydrogen (secondary N) is 5. The van der Waals surface area contributed by atoms with Crippen LogP contribution in [0.3, 0.4) is 0 Å². The first-order chi connectivity index (χ1) is 30.6. The first kappa shape index (κ1) is 41.3. The number of hydrogen-bond donors (Lipinski definition) is 7. The van der Waals surface area contributed by atoms with Crippen LogP contribution in [0.4, 0.5) is 5.69 Å². The second-order valence-corrected chi connectivity index (χ2v) is 15.7. The zero-order chi connectivity index (χ0) is 43.7. The number of carbonyl (C=O) groups is 4. The van der Waals surface area contributed by atoms with Gasteiger partial charge in [0.25, 0.3) is 11.8 Å². The minimum absolute atomic E-state index is 0.0314. The van der Waals surface area contributed by atoms with Crippen LogP contribution in [0.1, 0.15) is 78.8 Å². The van der Waals surface area contributed by atoms with Gasteiger partial charge in [-0.1, -0.05) is 11.2 Å². The number of likely N-dealkylation sites (tertiary alicyclic amines) is 1. The van der Waals surface area contributed by atoms with Crippen LogP contribution in [0.25, 0.3) is 0 Å². The second kappa shape index (κ2) is 17.3. The Labute approximate surface area is 363 Å². The molecule has 5 aromatic rings. The minimum atomic E-state index is -1.37. The summed E-state index contributed by atoms with van der Waals surface area (Å²) in [5.41, 5.74) is 1.51. The molecule has 20 nitrogen and oxygen atoms in total. The number of ether oxygens (including phenoxy) is 4. The third kappa shape index (κ3) is 8.32. The van der Waals surface area contributed by atoms with E-state index in [1.807, 2.05) is 0 Å². The number of rotatable bonds is 15. The van der Waals surface area contributed by atoms with Gasteiger partial charge in [0.15, 0.2) is 22.2 Å². The Balaban J connectivity index is 0.709. The van der Waals surface area contributed by atoms with Crippen molar-refractivity contribution < 1.29 is 52.9 Å². The molecule has 326 valence electrons. The number of phenolic OH excluding ortho intramolecular Hbond substituents is 2. The molecule has 21 heteroatoms. The van der Waals surface area contributed by atoms with Gasteiger partial charge in [0.05, 0.1) is 44.4 Å². The quantitative estimate of drug-likeness (QED) is 0.0453. The largest absolute Gasteiger partial charge is 0.508 e. The average molecular weight is 880 g/mol. The minimum Gasteiger partial charge on any atom is -0.508 e. The van der Waals surface area contributed by atoms with Crippen LogP contribution in [0, 0.1) is 0 Å². The van der Waals surface area contributed by atoms with E-state index in [9.17, 15) is 29.4 Å². The van der Waals surface area contributed by atoms with Crippen molar-refractivity contribution in [3.05, 3.63) is 106 Å². The van der Waals surface area contributed by atoms with E-state index in [0.717, 1.165) is 12.8 Å². The predicted molar refractivity (Wildman–Crippen MR) is 222 cm³/mol. The standard InChI is InChI=1S/C42H41N9O11S/c52-25-4-7-30-34(17-25)60-35-18-26(53)5-8-31(35)42(30)29-6-3-23(15-27(29)40(57)61-42)48-41(63)44-10-12-59-14-13-58-11-9-43-38(55)33-16-24(47-37(54)32-20-45-50-49-32)21-51(33)39(56)28-19-46-62-36(28)22-1-2-22/h3-8,15,17-20,22,24,33,52-53H,1-2,9-14,16,21H2,(H,43,55)(H,47,54)(H2,44,48,63)(H,45,49,50)/t24-,33+/m1/s1. The highest BCUT2D eigenvalue weighted by molar-refractivity contribution is 7.80. The van der Waals surface area contributed by atoms with E-state index >= 15 is 0 Å². The fraction of sp³-hybridized carbons (Fsp3) is 0.333. The van der Waals surface area contributed by atoms with Gasteiger partial charge in [-0.25, -0.2) is 4.79 Å². The fourth-order valence-electron chi connectivity index (χ4n) is 8.07. The van der Waals surface area contributed by atoms with Gasteiger partial charge in [-0.3, -0.25) is 14.4 Å². The molecule has 1 spiro atoms. The van der Waals surface area contributed by atoms with Gasteiger partial charge in [0.1, 0.15) is 34.6 Å². The van der Waals surface area contributed by atoms with Gasteiger partial charge in [-0.05, 0) is 67.9 Å². The van der Waals surface area contributed by atoms with E-state index in [2.05, 4.69) is 41.8 Å². The Bertz CT molecular complexity index is 2530. The molecular formula is C42H41N9O11S. The van der Waals surface area contributed by atoms with Crippen molar-refractivity contribution in [3.8, 4) is 23.0 Å². The molecule has 9 rings (SSSR count). The summed E-state index contributed by atoms with van der Waals surface area (Å²) in [6.45, 7) is 1.70. The monoisotopic (exact) mass is 879 g/mol. The van der Waals surface area contributed by atoms with Gasteiger partial charge in [0, 0.05) is 66.1 Å². The van der Waals surface area contributed by atoms with Crippen molar-refractivity contribution in [1.82, 2.24) is 41.4 Å². The molecule has 2 atom stereocenters. The van der Waals surface area contributed by atoms with Crippen LogP contribution < -0.4 is 26.0 Å². The lowest BCUT2D eigenvalue weighted by Gasteiger charge is -2.36. The molecule has 1 saturated carbocycles. The van der Waals surface area contributed by atoms with Gasteiger partial charge in [0.2, 0.25) is 5.91 Å². The molecule has 0 unspecified atom stereocenters. The normalized spacial score (nSPS) is 17.8. The number of benzene rings is 3. The lowest BCUT2D eigenvalue weighted by molar-refractivity contribution is -0.125. The topological polar surface area (TPSA) is 265 Å². The molecule has 3 aliphatic heterocycles. The number of carbonyl (C=O) groups excluding carboxylic acids is 4. The Morgan fingerprint density at radius 3 is 2.29 bits per heavy atom. The van der Waals surface area contributed by atoms with E-state index < -0.39 is 29.6 Å². The number of anilines is 1. The smallest absolute Gasteiger partial charge is 0.340 e. The van der Waals surface area contributed by atoms with Crippen LogP contribution in [-0.2, 0) is 24.6 Å². The second-order valence-electron chi connectivity index (χ2n) is 15.3. The van der Waals surface area contributed by atoms with Gasteiger partial charge < -0.3 is 59.9 Å². The molecular weight excluding hydrogens is 839 g/mol. The lowest BCUT2D eigenvalue weighted by Crippen LogP contribution is -2.46. The highest BCUT2D eigenvalue weighted by atomic mass is 32.1. The van der Waals surface area contributed by atoms with Crippen LogP contribution in [0.5, 0.6) is 23.0 Å². The first-order valence-corrected chi connectivity index (χ1v) is 20.6. The fourth-order valence-corrected chi connectivity index (χ4v) is 8.29. The summed E-state index contributed by atoms with van der Waals surface area (Å²) in [7, 11) is 0. The number of H-pyrrole nitrogens is 1. The third-order valence-corrected chi connectivity index (χ3v) is 11.4. The number of esters is 1. The summed E-state index contributed by atoms with van der Waals surface area (Å²) >= 11 is 5.48. The summed E-state index contributed by atoms with van der Waals surface area (Å²) in [5, 5.41) is 46.1. The van der Waals surface area contributed by atoms with Crippen LogP contribution in [0.15, 0.2) is 71.5 Å². The maximum absolute atomic E-state index is 13.7. The van der Waals surface area contributed by atoms with Crippen LogP contribution >= 0.6 is 12.2 Å². The van der Waals surface area contributed by atoms with Gasteiger partial charge >= 0.3 is 5.97 Å². The third-order valence-electron chi connectivity index (χ3n) is 11.1. The lowest BCUT2D eigenvalue weighted by atomic mass is 9.77. The van der Waals surface area contributed by atoms with Crippen molar-refractivity contribution in [3.63, 3.8) is 0 Å². The summed E-state index contributed by atoms with van der Waals surface area (Å²) < 4.78 is 28.8. The zero-order valence-corrected chi connectivity index (χ0v) is 34.2. The molecule has 3 aromatic carbocycles. The summed E-state index contributed by atoms with van der Waals surface area (Å²) in [6.07, 6.45) is 4.66.